The summed E-state index contributed by atoms with van der Waals surface area (Å²) in [4.78, 5) is 4.24. The average Bonchev–Trinajstić information content (AvgIpc) is 3.23. The Morgan fingerprint density at radius 2 is 2.00 bits per heavy atom. The van der Waals surface area contributed by atoms with Crippen LogP contribution in [-0.4, -0.2) is 31.7 Å². The van der Waals surface area contributed by atoms with Crippen LogP contribution in [0.5, 0.6) is 0 Å². The summed E-state index contributed by atoms with van der Waals surface area (Å²) in [6.07, 6.45) is 3.97. The van der Waals surface area contributed by atoms with Crippen LogP contribution in [0.4, 0.5) is 5.69 Å². The summed E-state index contributed by atoms with van der Waals surface area (Å²) < 4.78 is 26.8. The maximum atomic E-state index is 12.1. The molecule has 2 N–H and O–H groups in total. The molecule has 1 aliphatic rings. The fourth-order valence-electron chi connectivity index (χ4n) is 2.09. The highest BCUT2D eigenvalue weighted by Crippen LogP contribution is 2.22. The standard InChI is InChI=1S/C14H17N3O2S/c18-20(19,10-9-15-12-6-7-12)17-13-5-1-3-11-4-2-8-16-14(11)13/h1-5,8,12,15,17H,6-7,9-10H2. The average molecular weight is 291 g/mol. The highest BCUT2D eigenvalue weighted by atomic mass is 32.2. The van der Waals surface area contributed by atoms with E-state index in [0.29, 0.717) is 23.8 Å². The molecule has 5 nitrogen and oxygen atoms in total. The van der Waals surface area contributed by atoms with E-state index in [2.05, 4.69) is 15.0 Å². The molecule has 1 fully saturated rings. The van der Waals surface area contributed by atoms with Crippen LogP contribution >= 0.6 is 0 Å². The molecule has 0 radical (unpaired) electrons. The predicted molar refractivity (Wildman–Crippen MR) is 80.2 cm³/mol. The van der Waals surface area contributed by atoms with Crippen molar-refractivity contribution < 1.29 is 8.42 Å². The van der Waals surface area contributed by atoms with Crippen molar-refractivity contribution >= 4 is 26.6 Å². The smallest absolute Gasteiger partial charge is 0.234 e. The summed E-state index contributed by atoms with van der Waals surface area (Å²) in [5.41, 5.74) is 1.21. The van der Waals surface area contributed by atoms with Crippen LogP contribution < -0.4 is 10.0 Å². The van der Waals surface area contributed by atoms with Crippen LogP contribution in [0, 0.1) is 0 Å². The Hall–Kier alpha value is -1.66. The second kappa shape index (κ2) is 5.38. The van der Waals surface area contributed by atoms with Crippen molar-refractivity contribution in [2.24, 2.45) is 0 Å². The van der Waals surface area contributed by atoms with Crippen molar-refractivity contribution in [1.82, 2.24) is 10.3 Å². The maximum absolute atomic E-state index is 12.1. The zero-order valence-electron chi connectivity index (χ0n) is 11.0. The summed E-state index contributed by atoms with van der Waals surface area (Å²) in [5.74, 6) is 0.0761. The highest BCUT2D eigenvalue weighted by molar-refractivity contribution is 7.92. The van der Waals surface area contributed by atoms with Crippen molar-refractivity contribution in [2.45, 2.75) is 18.9 Å². The first-order chi connectivity index (χ1) is 9.64. The number of fused-ring (bicyclic) bond motifs is 1. The monoisotopic (exact) mass is 291 g/mol. The van der Waals surface area contributed by atoms with Crippen LogP contribution in [-0.2, 0) is 10.0 Å². The Labute approximate surface area is 118 Å². The highest BCUT2D eigenvalue weighted by Gasteiger charge is 2.21. The van der Waals surface area contributed by atoms with Gasteiger partial charge in [-0.15, -0.1) is 0 Å². The van der Waals surface area contributed by atoms with Crippen molar-refractivity contribution in [1.29, 1.82) is 0 Å². The van der Waals surface area contributed by atoms with E-state index in [0.717, 1.165) is 18.2 Å². The molecule has 0 spiro atoms. The third-order valence-electron chi connectivity index (χ3n) is 3.28. The lowest BCUT2D eigenvalue weighted by molar-refractivity contribution is 0.595. The number of pyridine rings is 1. The van der Waals surface area contributed by atoms with Crippen LogP contribution in [0.3, 0.4) is 0 Å². The molecule has 6 heteroatoms. The molecule has 0 unspecified atom stereocenters. The molecule has 106 valence electrons. The lowest BCUT2D eigenvalue weighted by Gasteiger charge is -2.10. The van der Waals surface area contributed by atoms with Gasteiger partial charge in [0.25, 0.3) is 0 Å². The first-order valence-corrected chi connectivity index (χ1v) is 8.37. The fraction of sp³-hybridized carbons (Fsp3) is 0.357. The molecule has 1 aliphatic carbocycles. The molecule has 0 bridgehead atoms. The number of sulfonamides is 1. The molecule has 0 aliphatic heterocycles. The minimum absolute atomic E-state index is 0.0761. The van der Waals surface area contributed by atoms with E-state index < -0.39 is 10.0 Å². The number of aromatic nitrogens is 1. The van der Waals surface area contributed by atoms with Gasteiger partial charge in [0.05, 0.1) is 17.0 Å². The summed E-state index contributed by atoms with van der Waals surface area (Å²) in [6.45, 7) is 0.484. The van der Waals surface area contributed by atoms with Gasteiger partial charge in [-0.1, -0.05) is 18.2 Å². The number of nitrogens with one attached hydrogen (secondary N) is 2. The zero-order chi connectivity index (χ0) is 14.0. The Morgan fingerprint density at radius 3 is 2.80 bits per heavy atom. The molecule has 2 aromatic rings. The van der Waals surface area contributed by atoms with Gasteiger partial charge >= 0.3 is 0 Å². The fourth-order valence-corrected chi connectivity index (χ4v) is 3.08. The van der Waals surface area contributed by atoms with Gasteiger partial charge in [-0.3, -0.25) is 9.71 Å². The molecule has 1 aromatic heterocycles. The van der Waals surface area contributed by atoms with E-state index in [1.807, 2.05) is 24.3 Å². The minimum atomic E-state index is -3.35. The number of nitrogens with zero attached hydrogens (tertiary/aromatic N) is 1. The van der Waals surface area contributed by atoms with Gasteiger partial charge in [0.2, 0.25) is 10.0 Å². The van der Waals surface area contributed by atoms with Crippen LogP contribution in [0.25, 0.3) is 10.9 Å². The molecule has 1 aromatic carbocycles. The van der Waals surface area contributed by atoms with E-state index >= 15 is 0 Å². The Balaban J connectivity index is 1.74. The van der Waals surface area contributed by atoms with Crippen LogP contribution in [0.2, 0.25) is 0 Å². The van der Waals surface area contributed by atoms with Gasteiger partial charge in [-0.2, -0.15) is 0 Å². The normalized spacial score (nSPS) is 15.4. The lowest BCUT2D eigenvalue weighted by atomic mass is 10.2. The van der Waals surface area contributed by atoms with Crippen LogP contribution in [0.1, 0.15) is 12.8 Å². The number of hydrogen-bond acceptors (Lipinski definition) is 4. The number of benzene rings is 1. The van der Waals surface area contributed by atoms with E-state index in [-0.39, 0.29) is 5.75 Å². The second-order valence-electron chi connectivity index (χ2n) is 5.03. The predicted octanol–water partition coefficient (Wildman–Crippen LogP) is 1.73. The molecule has 20 heavy (non-hydrogen) atoms. The van der Waals surface area contributed by atoms with Crippen LogP contribution in [0.15, 0.2) is 36.5 Å². The van der Waals surface area contributed by atoms with E-state index in [1.54, 1.807) is 12.3 Å². The van der Waals surface area contributed by atoms with E-state index in [1.165, 1.54) is 0 Å². The van der Waals surface area contributed by atoms with Crippen molar-refractivity contribution in [3.63, 3.8) is 0 Å². The Kier molecular flexibility index (Phi) is 3.58. The topological polar surface area (TPSA) is 71.1 Å². The summed E-state index contributed by atoms with van der Waals surface area (Å²) in [7, 11) is -3.35. The van der Waals surface area contributed by atoms with Gasteiger partial charge in [0, 0.05) is 24.2 Å². The molecular weight excluding hydrogens is 274 g/mol. The quantitative estimate of drug-likeness (QED) is 0.850. The van der Waals surface area contributed by atoms with E-state index in [4.69, 9.17) is 0 Å². The summed E-state index contributed by atoms with van der Waals surface area (Å²) in [6, 6.07) is 9.74. The molecule has 0 saturated heterocycles. The zero-order valence-corrected chi connectivity index (χ0v) is 11.9. The third kappa shape index (κ3) is 3.26. The summed E-state index contributed by atoms with van der Waals surface area (Å²) in [5, 5.41) is 4.12. The first kappa shape index (κ1) is 13.3. The number of para-hydroxylation sites is 1. The molecule has 1 saturated carbocycles. The van der Waals surface area contributed by atoms with Crippen molar-refractivity contribution in [3.05, 3.63) is 36.5 Å². The third-order valence-corrected chi connectivity index (χ3v) is 4.55. The minimum Gasteiger partial charge on any atom is -0.313 e. The lowest BCUT2D eigenvalue weighted by Crippen LogP contribution is -2.28. The number of anilines is 1. The first-order valence-electron chi connectivity index (χ1n) is 6.72. The molecule has 1 heterocycles. The van der Waals surface area contributed by atoms with Gasteiger partial charge < -0.3 is 5.32 Å². The van der Waals surface area contributed by atoms with Gasteiger partial charge in [0.1, 0.15) is 0 Å². The maximum Gasteiger partial charge on any atom is 0.234 e. The van der Waals surface area contributed by atoms with E-state index in [9.17, 15) is 8.42 Å². The Bertz CT molecular complexity index is 706. The van der Waals surface area contributed by atoms with Gasteiger partial charge in [-0.25, -0.2) is 8.42 Å². The number of rotatable bonds is 6. The molecule has 0 atom stereocenters. The van der Waals surface area contributed by atoms with Gasteiger partial charge in [-0.05, 0) is 25.0 Å². The molecule has 0 amide bonds. The SMILES string of the molecule is O=S(=O)(CCNC1CC1)Nc1cccc2cccnc12. The second-order valence-corrected chi connectivity index (χ2v) is 6.87. The molecular formula is C14H17N3O2S. The van der Waals surface area contributed by atoms with Crippen molar-refractivity contribution in [3.8, 4) is 0 Å². The largest absolute Gasteiger partial charge is 0.313 e. The summed E-state index contributed by atoms with van der Waals surface area (Å²) >= 11 is 0. The Morgan fingerprint density at radius 1 is 1.20 bits per heavy atom. The van der Waals surface area contributed by atoms with Gasteiger partial charge in [0.15, 0.2) is 0 Å². The van der Waals surface area contributed by atoms with Crippen molar-refractivity contribution in [2.75, 3.05) is 17.0 Å². The number of hydrogen-bond donors (Lipinski definition) is 2. The molecule has 3 rings (SSSR count).